The van der Waals surface area contributed by atoms with Crippen molar-refractivity contribution in [1.29, 1.82) is 0 Å². The SMILES string of the molecule is O=C(Oc1ccc(/C=C2\SC(=S)N(C[C@@H]3CCCO3)C2=O)cc1)c1ccco1. The highest BCUT2D eigenvalue weighted by atomic mass is 32.2. The molecule has 2 aliphatic rings. The van der Waals surface area contributed by atoms with Gasteiger partial charge in [-0.05, 0) is 48.7 Å². The zero-order valence-electron chi connectivity index (χ0n) is 14.8. The summed E-state index contributed by atoms with van der Waals surface area (Å²) in [6.07, 6.45) is 5.23. The Morgan fingerprint density at radius 1 is 1.32 bits per heavy atom. The van der Waals surface area contributed by atoms with Crippen LogP contribution in [0, 0.1) is 0 Å². The van der Waals surface area contributed by atoms with E-state index in [9.17, 15) is 9.59 Å². The first-order valence-electron chi connectivity index (χ1n) is 8.83. The molecule has 0 radical (unpaired) electrons. The Hall–Kier alpha value is -2.42. The Morgan fingerprint density at radius 2 is 2.14 bits per heavy atom. The maximum absolute atomic E-state index is 12.7. The number of rotatable bonds is 5. The van der Waals surface area contributed by atoms with E-state index in [1.807, 2.05) is 0 Å². The lowest BCUT2D eigenvalue weighted by molar-refractivity contribution is -0.123. The van der Waals surface area contributed by atoms with Crippen LogP contribution >= 0.6 is 24.0 Å². The molecule has 4 rings (SSSR count). The number of furan rings is 1. The van der Waals surface area contributed by atoms with Crippen molar-refractivity contribution in [3.05, 3.63) is 58.9 Å². The van der Waals surface area contributed by atoms with Crippen LogP contribution in [0.2, 0.25) is 0 Å². The maximum Gasteiger partial charge on any atom is 0.379 e. The van der Waals surface area contributed by atoms with E-state index in [-0.39, 0.29) is 17.8 Å². The van der Waals surface area contributed by atoms with Crippen molar-refractivity contribution in [3.8, 4) is 5.75 Å². The quantitative estimate of drug-likeness (QED) is 0.318. The van der Waals surface area contributed by atoms with Gasteiger partial charge in [0.2, 0.25) is 5.76 Å². The van der Waals surface area contributed by atoms with Crippen molar-refractivity contribution in [1.82, 2.24) is 4.90 Å². The number of hydrogen-bond acceptors (Lipinski definition) is 7. The monoisotopic (exact) mass is 415 g/mol. The van der Waals surface area contributed by atoms with Gasteiger partial charge in [-0.15, -0.1) is 0 Å². The van der Waals surface area contributed by atoms with Crippen LogP contribution in [-0.4, -0.2) is 40.4 Å². The van der Waals surface area contributed by atoms with E-state index in [1.54, 1.807) is 41.3 Å². The summed E-state index contributed by atoms with van der Waals surface area (Å²) in [5, 5.41) is 0. The number of thiocarbonyl (C=S) groups is 1. The molecule has 28 heavy (non-hydrogen) atoms. The number of carbonyl (C=O) groups excluding carboxylic acids is 2. The molecule has 3 heterocycles. The Balaban J connectivity index is 1.41. The fraction of sp³-hybridized carbons (Fsp3) is 0.250. The Morgan fingerprint density at radius 3 is 2.82 bits per heavy atom. The molecule has 0 aliphatic carbocycles. The van der Waals surface area contributed by atoms with E-state index in [2.05, 4.69) is 0 Å². The lowest BCUT2D eigenvalue weighted by Gasteiger charge is -2.18. The molecule has 0 bridgehead atoms. The number of benzene rings is 1. The van der Waals surface area contributed by atoms with Crippen LogP contribution in [0.25, 0.3) is 6.08 Å². The predicted octanol–water partition coefficient (Wildman–Crippen LogP) is 3.88. The van der Waals surface area contributed by atoms with Gasteiger partial charge in [0.25, 0.3) is 5.91 Å². The van der Waals surface area contributed by atoms with Gasteiger partial charge in [0.05, 0.1) is 23.8 Å². The standard InChI is InChI=1S/C20H17NO5S2/c22-18-17(28-20(27)21(18)12-15-3-1-9-24-15)11-13-5-7-14(8-6-13)26-19(23)16-4-2-10-25-16/h2,4-8,10-11,15H,1,3,9,12H2/b17-11-/t15-/m0/s1. The third-order valence-corrected chi connectivity index (χ3v) is 5.77. The number of hydrogen-bond donors (Lipinski definition) is 0. The lowest BCUT2D eigenvalue weighted by Crippen LogP contribution is -2.35. The summed E-state index contributed by atoms with van der Waals surface area (Å²) in [4.78, 5) is 26.7. The molecule has 1 atom stereocenters. The highest BCUT2D eigenvalue weighted by molar-refractivity contribution is 8.26. The van der Waals surface area contributed by atoms with Gasteiger partial charge in [-0.2, -0.15) is 0 Å². The van der Waals surface area contributed by atoms with E-state index in [4.69, 9.17) is 26.1 Å². The minimum atomic E-state index is -0.562. The van der Waals surface area contributed by atoms with Crippen LogP contribution in [0.3, 0.4) is 0 Å². The summed E-state index contributed by atoms with van der Waals surface area (Å²) >= 11 is 6.65. The normalized spacial score (nSPS) is 20.9. The highest BCUT2D eigenvalue weighted by Crippen LogP contribution is 2.33. The fourth-order valence-electron chi connectivity index (χ4n) is 2.98. The van der Waals surface area contributed by atoms with Crippen LogP contribution < -0.4 is 4.74 Å². The molecule has 144 valence electrons. The van der Waals surface area contributed by atoms with Crippen LogP contribution in [-0.2, 0) is 9.53 Å². The number of nitrogens with zero attached hydrogens (tertiary/aromatic N) is 1. The zero-order valence-corrected chi connectivity index (χ0v) is 16.5. The molecule has 1 aromatic carbocycles. The maximum atomic E-state index is 12.7. The summed E-state index contributed by atoms with van der Waals surface area (Å²) in [7, 11) is 0. The first kappa shape index (κ1) is 18.9. The number of thioether (sulfide) groups is 1. The summed E-state index contributed by atoms with van der Waals surface area (Å²) in [5.41, 5.74) is 0.815. The molecule has 2 saturated heterocycles. The number of amides is 1. The van der Waals surface area contributed by atoms with Crippen molar-refractivity contribution < 1.29 is 23.5 Å². The molecule has 1 amide bonds. The smallest absolute Gasteiger partial charge is 0.379 e. The molecule has 8 heteroatoms. The van der Waals surface area contributed by atoms with Crippen molar-refractivity contribution in [3.63, 3.8) is 0 Å². The van der Waals surface area contributed by atoms with Crippen LogP contribution in [0.5, 0.6) is 5.75 Å². The molecule has 0 saturated carbocycles. The summed E-state index contributed by atoms with van der Waals surface area (Å²) in [5.74, 6) is -0.130. The summed E-state index contributed by atoms with van der Waals surface area (Å²) in [6, 6.07) is 10.0. The van der Waals surface area contributed by atoms with Crippen LogP contribution in [0.15, 0.2) is 52.0 Å². The van der Waals surface area contributed by atoms with Gasteiger partial charge in [0.15, 0.2) is 0 Å². The predicted molar refractivity (Wildman–Crippen MR) is 109 cm³/mol. The minimum Gasteiger partial charge on any atom is -0.457 e. The van der Waals surface area contributed by atoms with Crippen LogP contribution in [0.4, 0.5) is 0 Å². The van der Waals surface area contributed by atoms with E-state index < -0.39 is 5.97 Å². The highest BCUT2D eigenvalue weighted by Gasteiger charge is 2.34. The first-order chi connectivity index (χ1) is 13.6. The number of esters is 1. The van der Waals surface area contributed by atoms with E-state index in [0.29, 0.717) is 21.5 Å². The Bertz CT molecular complexity index is 915. The first-order valence-corrected chi connectivity index (χ1v) is 10.1. The second-order valence-electron chi connectivity index (χ2n) is 6.36. The van der Waals surface area contributed by atoms with Gasteiger partial charge < -0.3 is 13.9 Å². The van der Waals surface area contributed by atoms with E-state index >= 15 is 0 Å². The molecule has 6 nitrogen and oxygen atoms in total. The third kappa shape index (κ3) is 4.19. The summed E-state index contributed by atoms with van der Waals surface area (Å²) < 4.78 is 16.4. The average Bonchev–Trinajstić information content (AvgIpc) is 3.44. The second kappa shape index (κ2) is 8.30. The van der Waals surface area contributed by atoms with Gasteiger partial charge in [-0.25, -0.2) is 4.79 Å². The third-order valence-electron chi connectivity index (χ3n) is 4.39. The molecule has 0 unspecified atom stereocenters. The Labute approximate surface area is 171 Å². The molecule has 2 aliphatic heterocycles. The van der Waals surface area contributed by atoms with E-state index in [0.717, 1.165) is 25.0 Å². The number of ether oxygens (including phenoxy) is 2. The molecular formula is C20H17NO5S2. The fourth-order valence-corrected chi connectivity index (χ4v) is 4.26. The lowest BCUT2D eigenvalue weighted by atomic mass is 10.2. The second-order valence-corrected chi connectivity index (χ2v) is 8.04. The minimum absolute atomic E-state index is 0.0602. The Kier molecular flexibility index (Phi) is 5.61. The number of carbonyl (C=O) groups is 2. The van der Waals surface area contributed by atoms with Gasteiger partial charge in [-0.1, -0.05) is 36.1 Å². The van der Waals surface area contributed by atoms with Gasteiger partial charge in [0.1, 0.15) is 10.1 Å². The van der Waals surface area contributed by atoms with Crippen LogP contribution in [0.1, 0.15) is 29.0 Å². The van der Waals surface area contributed by atoms with Crippen molar-refractivity contribution in [2.24, 2.45) is 0 Å². The molecular weight excluding hydrogens is 398 g/mol. The molecule has 0 N–H and O–H groups in total. The van der Waals surface area contributed by atoms with Gasteiger partial charge in [-0.3, -0.25) is 9.69 Å². The average molecular weight is 415 g/mol. The van der Waals surface area contributed by atoms with Gasteiger partial charge >= 0.3 is 5.97 Å². The van der Waals surface area contributed by atoms with E-state index in [1.165, 1.54) is 24.1 Å². The van der Waals surface area contributed by atoms with Crippen molar-refractivity contribution in [2.45, 2.75) is 18.9 Å². The van der Waals surface area contributed by atoms with Gasteiger partial charge in [0, 0.05) is 6.61 Å². The molecule has 2 aromatic rings. The molecule has 0 spiro atoms. The zero-order chi connectivity index (χ0) is 19.5. The van der Waals surface area contributed by atoms with Crippen molar-refractivity contribution in [2.75, 3.05) is 13.2 Å². The van der Waals surface area contributed by atoms with Crippen molar-refractivity contribution >= 4 is 46.3 Å². The molecule has 2 fully saturated rings. The molecule has 1 aromatic heterocycles. The topological polar surface area (TPSA) is 69.0 Å². The largest absolute Gasteiger partial charge is 0.457 e. The summed E-state index contributed by atoms with van der Waals surface area (Å²) in [6.45, 7) is 1.25.